The SMILES string of the molecule is C#CCNCC(=O)c1ccc2ncccc2c1. The van der Waals surface area contributed by atoms with Crippen molar-refractivity contribution in [3.8, 4) is 12.3 Å². The predicted octanol–water partition coefficient (Wildman–Crippen LogP) is 1.64. The van der Waals surface area contributed by atoms with Crippen molar-refractivity contribution in [2.75, 3.05) is 13.1 Å². The lowest BCUT2D eigenvalue weighted by Crippen LogP contribution is -2.23. The summed E-state index contributed by atoms with van der Waals surface area (Å²) in [5.41, 5.74) is 1.57. The number of carbonyl (C=O) groups is 1. The number of ketones is 1. The average molecular weight is 224 g/mol. The van der Waals surface area contributed by atoms with E-state index in [0.29, 0.717) is 12.1 Å². The van der Waals surface area contributed by atoms with Crippen LogP contribution >= 0.6 is 0 Å². The van der Waals surface area contributed by atoms with Crippen molar-refractivity contribution >= 4 is 16.7 Å². The average Bonchev–Trinajstić information content (AvgIpc) is 2.38. The maximum atomic E-state index is 11.8. The summed E-state index contributed by atoms with van der Waals surface area (Å²) < 4.78 is 0. The Balaban J connectivity index is 2.19. The van der Waals surface area contributed by atoms with Crippen LogP contribution in [0.3, 0.4) is 0 Å². The highest BCUT2D eigenvalue weighted by atomic mass is 16.1. The number of aromatic nitrogens is 1. The molecule has 0 atom stereocenters. The minimum absolute atomic E-state index is 0.0333. The molecule has 2 rings (SSSR count). The number of hydrogen-bond donors (Lipinski definition) is 1. The molecule has 0 fully saturated rings. The largest absolute Gasteiger partial charge is 0.299 e. The van der Waals surface area contributed by atoms with E-state index in [1.54, 1.807) is 12.3 Å². The van der Waals surface area contributed by atoms with Gasteiger partial charge in [0.25, 0.3) is 0 Å². The van der Waals surface area contributed by atoms with Crippen LogP contribution in [0.5, 0.6) is 0 Å². The molecule has 0 saturated carbocycles. The van der Waals surface area contributed by atoms with Crippen molar-refractivity contribution in [1.29, 1.82) is 0 Å². The van der Waals surface area contributed by atoms with Gasteiger partial charge in [-0.2, -0.15) is 0 Å². The first-order valence-electron chi connectivity index (χ1n) is 5.33. The molecule has 2 aromatic rings. The van der Waals surface area contributed by atoms with Gasteiger partial charge >= 0.3 is 0 Å². The number of terminal acetylenes is 1. The van der Waals surface area contributed by atoms with Crippen LogP contribution in [0.2, 0.25) is 0 Å². The molecule has 0 aliphatic carbocycles. The molecule has 0 aliphatic heterocycles. The summed E-state index contributed by atoms with van der Waals surface area (Å²) >= 11 is 0. The summed E-state index contributed by atoms with van der Waals surface area (Å²) in [5.74, 6) is 2.46. The van der Waals surface area contributed by atoms with Crippen LogP contribution in [-0.4, -0.2) is 23.9 Å². The topological polar surface area (TPSA) is 42.0 Å². The summed E-state index contributed by atoms with van der Waals surface area (Å²) in [6.45, 7) is 0.664. The van der Waals surface area contributed by atoms with Crippen molar-refractivity contribution < 1.29 is 4.79 Å². The zero-order chi connectivity index (χ0) is 12.1. The first-order valence-corrected chi connectivity index (χ1v) is 5.33. The van der Waals surface area contributed by atoms with Crippen LogP contribution in [0.1, 0.15) is 10.4 Å². The van der Waals surface area contributed by atoms with Gasteiger partial charge in [0.05, 0.1) is 18.6 Å². The van der Waals surface area contributed by atoms with E-state index in [2.05, 4.69) is 16.2 Å². The summed E-state index contributed by atoms with van der Waals surface area (Å²) in [5, 5.41) is 3.85. The number of pyridine rings is 1. The van der Waals surface area contributed by atoms with Crippen LogP contribution in [0.4, 0.5) is 0 Å². The number of carbonyl (C=O) groups excluding carboxylic acids is 1. The monoisotopic (exact) mass is 224 g/mol. The lowest BCUT2D eigenvalue weighted by Gasteiger charge is -2.03. The third-order valence-corrected chi connectivity index (χ3v) is 2.44. The van der Waals surface area contributed by atoms with Crippen LogP contribution in [0.15, 0.2) is 36.5 Å². The van der Waals surface area contributed by atoms with Gasteiger partial charge in [-0.05, 0) is 24.3 Å². The van der Waals surface area contributed by atoms with E-state index in [0.717, 1.165) is 10.9 Å². The second-order valence-corrected chi connectivity index (χ2v) is 3.64. The number of rotatable bonds is 4. The quantitative estimate of drug-likeness (QED) is 0.487. The summed E-state index contributed by atoms with van der Waals surface area (Å²) in [6.07, 6.45) is 6.83. The van der Waals surface area contributed by atoms with E-state index in [4.69, 9.17) is 6.42 Å². The first-order chi connectivity index (χ1) is 8.31. The molecule has 84 valence electrons. The second-order valence-electron chi connectivity index (χ2n) is 3.64. The number of nitrogens with one attached hydrogen (secondary N) is 1. The Morgan fingerprint density at radius 1 is 1.41 bits per heavy atom. The van der Waals surface area contributed by atoms with Gasteiger partial charge in [0.15, 0.2) is 5.78 Å². The fourth-order valence-corrected chi connectivity index (χ4v) is 1.60. The maximum Gasteiger partial charge on any atom is 0.176 e. The zero-order valence-electron chi connectivity index (χ0n) is 9.31. The Labute approximate surface area is 99.9 Å². The molecule has 17 heavy (non-hydrogen) atoms. The van der Waals surface area contributed by atoms with Crippen molar-refractivity contribution in [1.82, 2.24) is 10.3 Å². The highest BCUT2D eigenvalue weighted by molar-refractivity contribution is 6.00. The Kier molecular flexibility index (Phi) is 3.49. The van der Waals surface area contributed by atoms with E-state index < -0.39 is 0 Å². The van der Waals surface area contributed by atoms with Gasteiger partial charge in [-0.25, -0.2) is 0 Å². The Morgan fingerprint density at radius 2 is 2.29 bits per heavy atom. The number of hydrogen-bond acceptors (Lipinski definition) is 3. The van der Waals surface area contributed by atoms with Crippen molar-refractivity contribution in [3.63, 3.8) is 0 Å². The lowest BCUT2D eigenvalue weighted by atomic mass is 10.1. The van der Waals surface area contributed by atoms with E-state index in [1.807, 2.05) is 24.3 Å². The molecular weight excluding hydrogens is 212 g/mol. The van der Waals surface area contributed by atoms with E-state index >= 15 is 0 Å². The summed E-state index contributed by atoms with van der Waals surface area (Å²) in [6, 6.07) is 9.28. The minimum atomic E-state index is 0.0333. The fraction of sp³-hybridized carbons (Fsp3) is 0.143. The summed E-state index contributed by atoms with van der Waals surface area (Å²) in [4.78, 5) is 16.0. The smallest absolute Gasteiger partial charge is 0.176 e. The zero-order valence-corrected chi connectivity index (χ0v) is 9.31. The van der Waals surface area contributed by atoms with Gasteiger partial charge in [0, 0.05) is 17.1 Å². The minimum Gasteiger partial charge on any atom is -0.299 e. The van der Waals surface area contributed by atoms with Gasteiger partial charge in [-0.15, -0.1) is 6.42 Å². The normalized spacial score (nSPS) is 10.1. The Hall–Kier alpha value is -2.18. The third-order valence-electron chi connectivity index (χ3n) is 2.44. The molecule has 1 heterocycles. The molecule has 3 nitrogen and oxygen atoms in total. The number of benzene rings is 1. The van der Waals surface area contributed by atoms with Crippen LogP contribution in [-0.2, 0) is 0 Å². The molecule has 0 unspecified atom stereocenters. The third kappa shape index (κ3) is 2.68. The van der Waals surface area contributed by atoms with Crippen LogP contribution in [0.25, 0.3) is 10.9 Å². The van der Waals surface area contributed by atoms with Gasteiger partial charge in [-0.1, -0.05) is 12.0 Å². The number of fused-ring (bicyclic) bond motifs is 1. The molecule has 1 aromatic heterocycles. The number of Topliss-reactive ketones (excluding diaryl/α,β-unsaturated/α-hetero) is 1. The molecule has 0 spiro atoms. The first kappa shape index (κ1) is 11.3. The van der Waals surface area contributed by atoms with Crippen LogP contribution in [0, 0.1) is 12.3 Å². The van der Waals surface area contributed by atoms with Crippen molar-refractivity contribution in [2.24, 2.45) is 0 Å². The van der Waals surface area contributed by atoms with E-state index in [1.165, 1.54) is 0 Å². The molecule has 1 aromatic carbocycles. The number of nitrogens with zero attached hydrogens (tertiary/aromatic N) is 1. The molecule has 0 saturated heterocycles. The molecule has 0 amide bonds. The van der Waals surface area contributed by atoms with Gasteiger partial charge in [0.1, 0.15) is 0 Å². The van der Waals surface area contributed by atoms with Crippen molar-refractivity contribution in [2.45, 2.75) is 0 Å². The molecular formula is C14H12N2O. The molecule has 0 aliphatic rings. The molecule has 1 N–H and O–H groups in total. The standard InChI is InChI=1S/C14H12N2O/c1-2-7-15-10-14(17)12-5-6-13-11(9-12)4-3-8-16-13/h1,3-6,8-9,15H,7,10H2. The van der Waals surface area contributed by atoms with Crippen molar-refractivity contribution in [3.05, 3.63) is 42.1 Å². The highest BCUT2D eigenvalue weighted by Gasteiger charge is 2.05. The van der Waals surface area contributed by atoms with Gasteiger partial charge in [-0.3, -0.25) is 15.1 Å². The Morgan fingerprint density at radius 3 is 3.12 bits per heavy atom. The molecule has 3 heteroatoms. The van der Waals surface area contributed by atoms with Crippen LogP contribution < -0.4 is 5.32 Å². The highest BCUT2D eigenvalue weighted by Crippen LogP contribution is 2.13. The summed E-state index contributed by atoms with van der Waals surface area (Å²) in [7, 11) is 0. The van der Waals surface area contributed by atoms with E-state index in [9.17, 15) is 4.79 Å². The Bertz CT molecular complexity index is 584. The maximum absolute atomic E-state index is 11.8. The predicted molar refractivity (Wildman–Crippen MR) is 67.8 cm³/mol. The lowest BCUT2D eigenvalue weighted by molar-refractivity contribution is 0.0992. The van der Waals surface area contributed by atoms with Gasteiger partial charge in [0.2, 0.25) is 0 Å². The fourth-order valence-electron chi connectivity index (χ4n) is 1.60. The van der Waals surface area contributed by atoms with E-state index in [-0.39, 0.29) is 12.3 Å². The molecule has 0 bridgehead atoms. The molecule has 0 radical (unpaired) electrons. The van der Waals surface area contributed by atoms with Gasteiger partial charge < -0.3 is 0 Å². The second kappa shape index (κ2) is 5.24.